The number of aromatic nitrogens is 3. The number of hydrogen-bond donors (Lipinski definition) is 0. The standard InChI is InChI=1S/C23H22FN3O2S/c1-2-14-27-21(15-29-19-12-6-5-11-18(19)24)25-26-23(27)30-20-13-7-9-16-8-3-4-10-17(16)22(20)28/h2-6,8,10-12,20H,1,7,9,13-15H2. The predicted molar refractivity (Wildman–Crippen MR) is 114 cm³/mol. The zero-order valence-electron chi connectivity index (χ0n) is 16.5. The first-order chi connectivity index (χ1) is 14.7. The number of allylic oxidation sites excluding steroid dienone is 1. The van der Waals surface area contributed by atoms with E-state index in [9.17, 15) is 9.18 Å². The minimum atomic E-state index is -0.426. The summed E-state index contributed by atoms with van der Waals surface area (Å²) >= 11 is 1.42. The largest absolute Gasteiger partial charge is 0.483 e. The molecular weight excluding hydrogens is 401 g/mol. The molecule has 0 bridgehead atoms. The van der Waals surface area contributed by atoms with Crippen LogP contribution in [0.3, 0.4) is 0 Å². The summed E-state index contributed by atoms with van der Waals surface area (Å²) in [5.74, 6) is 0.424. The molecule has 0 aliphatic heterocycles. The van der Waals surface area contributed by atoms with E-state index in [1.54, 1.807) is 24.3 Å². The molecule has 5 nitrogen and oxygen atoms in total. The van der Waals surface area contributed by atoms with Crippen molar-refractivity contribution in [2.75, 3.05) is 0 Å². The fourth-order valence-electron chi connectivity index (χ4n) is 3.53. The van der Waals surface area contributed by atoms with E-state index in [0.29, 0.717) is 17.5 Å². The van der Waals surface area contributed by atoms with E-state index in [0.717, 1.165) is 30.4 Å². The summed E-state index contributed by atoms with van der Waals surface area (Å²) in [7, 11) is 0. The number of para-hydroxylation sites is 1. The molecule has 4 rings (SSSR count). The molecular formula is C23H22FN3O2S. The molecule has 0 radical (unpaired) electrons. The molecule has 1 aliphatic rings. The van der Waals surface area contributed by atoms with Crippen LogP contribution in [-0.2, 0) is 19.6 Å². The first-order valence-corrected chi connectivity index (χ1v) is 10.7. The topological polar surface area (TPSA) is 57.0 Å². The van der Waals surface area contributed by atoms with Crippen LogP contribution in [0, 0.1) is 5.82 Å². The molecule has 1 unspecified atom stereocenters. The van der Waals surface area contributed by atoms with E-state index in [-0.39, 0.29) is 23.4 Å². The second kappa shape index (κ2) is 9.26. The van der Waals surface area contributed by atoms with Gasteiger partial charge in [-0.3, -0.25) is 9.36 Å². The lowest BCUT2D eigenvalue weighted by Gasteiger charge is -2.14. The van der Waals surface area contributed by atoms with Crippen molar-refractivity contribution in [2.24, 2.45) is 0 Å². The monoisotopic (exact) mass is 423 g/mol. The Morgan fingerprint density at radius 1 is 1.20 bits per heavy atom. The maximum atomic E-state index is 13.8. The number of carbonyl (C=O) groups excluding carboxylic acids is 1. The maximum Gasteiger partial charge on any atom is 0.192 e. The highest BCUT2D eigenvalue weighted by molar-refractivity contribution is 8.00. The van der Waals surface area contributed by atoms with Crippen LogP contribution in [-0.4, -0.2) is 25.8 Å². The van der Waals surface area contributed by atoms with Gasteiger partial charge in [0.2, 0.25) is 0 Å². The van der Waals surface area contributed by atoms with Crippen molar-refractivity contribution in [1.29, 1.82) is 0 Å². The van der Waals surface area contributed by atoms with Gasteiger partial charge in [0.15, 0.2) is 28.3 Å². The SMILES string of the molecule is C=CCn1c(COc2ccccc2F)nnc1SC1CCCc2ccccc2C1=O. The molecule has 2 aromatic carbocycles. The normalized spacial score (nSPS) is 16.0. The lowest BCUT2D eigenvalue weighted by molar-refractivity contribution is 0.0988. The molecule has 1 atom stereocenters. The number of ketones is 1. The van der Waals surface area contributed by atoms with Crippen LogP contribution in [0.5, 0.6) is 5.75 Å². The quantitative estimate of drug-likeness (QED) is 0.401. The molecule has 1 aliphatic carbocycles. The highest BCUT2D eigenvalue weighted by atomic mass is 32.2. The van der Waals surface area contributed by atoms with Crippen molar-refractivity contribution in [3.05, 3.63) is 84.0 Å². The number of aryl methyl sites for hydroxylation is 1. The van der Waals surface area contributed by atoms with Crippen LogP contribution in [0.2, 0.25) is 0 Å². The van der Waals surface area contributed by atoms with Crippen molar-refractivity contribution in [3.63, 3.8) is 0 Å². The van der Waals surface area contributed by atoms with Crippen LogP contribution < -0.4 is 4.74 Å². The molecule has 0 spiro atoms. The van der Waals surface area contributed by atoms with Crippen LogP contribution in [0.25, 0.3) is 0 Å². The van der Waals surface area contributed by atoms with Gasteiger partial charge in [0, 0.05) is 12.1 Å². The Bertz CT molecular complexity index is 1070. The highest BCUT2D eigenvalue weighted by Gasteiger charge is 2.28. The van der Waals surface area contributed by atoms with Gasteiger partial charge in [-0.2, -0.15) is 0 Å². The van der Waals surface area contributed by atoms with Gasteiger partial charge in [-0.15, -0.1) is 16.8 Å². The molecule has 1 heterocycles. The van der Waals surface area contributed by atoms with Crippen molar-refractivity contribution in [3.8, 4) is 5.75 Å². The van der Waals surface area contributed by atoms with E-state index in [4.69, 9.17) is 4.74 Å². The molecule has 3 aromatic rings. The van der Waals surface area contributed by atoms with E-state index in [1.165, 1.54) is 17.8 Å². The van der Waals surface area contributed by atoms with Crippen LogP contribution in [0.1, 0.15) is 34.6 Å². The number of Topliss-reactive ketones (excluding diaryl/α,β-unsaturated/α-hetero) is 1. The highest BCUT2D eigenvalue weighted by Crippen LogP contribution is 2.32. The third kappa shape index (κ3) is 4.31. The van der Waals surface area contributed by atoms with Crippen LogP contribution >= 0.6 is 11.8 Å². The number of ether oxygens (including phenoxy) is 1. The van der Waals surface area contributed by atoms with E-state index < -0.39 is 5.82 Å². The Morgan fingerprint density at radius 2 is 2.00 bits per heavy atom. The Balaban J connectivity index is 1.54. The molecule has 7 heteroatoms. The Labute approximate surface area is 179 Å². The zero-order chi connectivity index (χ0) is 20.9. The molecule has 0 N–H and O–H groups in total. The summed E-state index contributed by atoms with van der Waals surface area (Å²) < 4.78 is 21.3. The Kier molecular flexibility index (Phi) is 6.28. The number of thioether (sulfide) groups is 1. The molecule has 0 saturated heterocycles. The van der Waals surface area contributed by atoms with Gasteiger partial charge >= 0.3 is 0 Å². The molecule has 1 aromatic heterocycles. The minimum Gasteiger partial charge on any atom is -0.483 e. The van der Waals surface area contributed by atoms with Gasteiger partial charge in [-0.05, 0) is 37.0 Å². The second-order valence-electron chi connectivity index (χ2n) is 7.04. The first kappa shape index (κ1) is 20.3. The lowest BCUT2D eigenvalue weighted by Crippen LogP contribution is -2.18. The molecule has 154 valence electrons. The molecule has 0 fully saturated rings. The lowest BCUT2D eigenvalue weighted by atomic mass is 10.0. The molecule has 0 saturated carbocycles. The molecule has 0 amide bonds. The van der Waals surface area contributed by atoms with Crippen molar-refractivity contribution < 1.29 is 13.9 Å². The minimum absolute atomic E-state index is 0.0732. The second-order valence-corrected chi connectivity index (χ2v) is 8.21. The average molecular weight is 424 g/mol. The van der Waals surface area contributed by atoms with Gasteiger partial charge in [0.1, 0.15) is 6.61 Å². The van der Waals surface area contributed by atoms with Crippen LogP contribution in [0.15, 0.2) is 66.3 Å². The van der Waals surface area contributed by atoms with Gasteiger partial charge < -0.3 is 4.74 Å². The zero-order valence-corrected chi connectivity index (χ0v) is 17.3. The van der Waals surface area contributed by atoms with E-state index >= 15 is 0 Å². The van der Waals surface area contributed by atoms with E-state index in [1.807, 2.05) is 28.8 Å². The van der Waals surface area contributed by atoms with Gasteiger partial charge in [-0.25, -0.2) is 4.39 Å². The average Bonchev–Trinajstić information content (AvgIpc) is 3.05. The van der Waals surface area contributed by atoms with Crippen molar-refractivity contribution in [2.45, 2.75) is 42.8 Å². The summed E-state index contributed by atoms with van der Waals surface area (Å²) in [6.07, 6.45) is 4.36. The van der Waals surface area contributed by atoms with Crippen molar-refractivity contribution >= 4 is 17.5 Å². The fraction of sp³-hybridized carbons (Fsp3) is 0.261. The molecule has 30 heavy (non-hydrogen) atoms. The summed E-state index contributed by atoms with van der Waals surface area (Å²) in [5, 5.41) is 8.93. The number of fused-ring (bicyclic) bond motifs is 1. The van der Waals surface area contributed by atoms with Crippen molar-refractivity contribution in [1.82, 2.24) is 14.8 Å². The number of rotatable bonds is 7. The van der Waals surface area contributed by atoms with Gasteiger partial charge in [0.25, 0.3) is 0 Å². The Morgan fingerprint density at radius 3 is 2.83 bits per heavy atom. The number of benzene rings is 2. The smallest absolute Gasteiger partial charge is 0.192 e. The fourth-order valence-corrected chi connectivity index (χ4v) is 4.70. The summed E-state index contributed by atoms with van der Waals surface area (Å²) in [6.45, 7) is 4.35. The Hall–Kier alpha value is -2.93. The third-order valence-corrected chi connectivity index (χ3v) is 6.28. The summed E-state index contributed by atoms with van der Waals surface area (Å²) in [4.78, 5) is 13.1. The maximum absolute atomic E-state index is 13.8. The van der Waals surface area contributed by atoms with E-state index in [2.05, 4.69) is 16.8 Å². The predicted octanol–water partition coefficient (Wildman–Crippen LogP) is 4.86. The number of carbonyl (C=O) groups is 1. The van der Waals surface area contributed by atoms with Gasteiger partial charge in [-0.1, -0.05) is 54.2 Å². The number of hydrogen-bond acceptors (Lipinski definition) is 5. The van der Waals surface area contributed by atoms with Crippen LogP contribution in [0.4, 0.5) is 4.39 Å². The summed E-state index contributed by atoms with van der Waals surface area (Å²) in [6, 6.07) is 14.0. The first-order valence-electron chi connectivity index (χ1n) is 9.86. The number of halogens is 1. The third-order valence-electron chi connectivity index (χ3n) is 5.03. The summed E-state index contributed by atoms with van der Waals surface area (Å²) in [5.41, 5.74) is 1.91. The van der Waals surface area contributed by atoms with Gasteiger partial charge in [0.05, 0.1) is 5.25 Å². The number of nitrogens with zero attached hydrogens (tertiary/aromatic N) is 3.